The van der Waals surface area contributed by atoms with E-state index in [2.05, 4.69) is 14.5 Å². The van der Waals surface area contributed by atoms with Gasteiger partial charge in [-0.1, -0.05) is 0 Å². The lowest BCUT2D eigenvalue weighted by Gasteiger charge is -2.03. The molecule has 3 N–H and O–H groups in total. The molecule has 1 heterocycles. The number of nitrogens with two attached hydrogens (primary N) is 1. The van der Waals surface area contributed by atoms with E-state index in [1.165, 1.54) is 14.2 Å². The number of hydrogen-bond donors (Lipinski definition) is 2. The molecule has 7 nitrogen and oxygen atoms in total. The molecule has 0 unspecified atom stereocenters. The molecule has 23 heavy (non-hydrogen) atoms. The molecule has 0 fully saturated rings. The lowest BCUT2D eigenvalue weighted by atomic mass is 10.1. The molecule has 0 amide bonds. The number of ether oxygens (including phenoxy) is 3. The fourth-order valence-electron chi connectivity index (χ4n) is 2.07. The zero-order chi connectivity index (χ0) is 16.3. The van der Waals surface area contributed by atoms with Crippen LogP contribution in [0.2, 0.25) is 0 Å². The number of carbonyl (C=O) groups is 2. The van der Waals surface area contributed by atoms with E-state index >= 15 is 0 Å². The maximum atomic E-state index is 11.9. The topological polar surface area (TPSA) is 104 Å². The molecule has 0 aliphatic carbocycles. The van der Waals surface area contributed by atoms with E-state index in [-0.39, 0.29) is 29.4 Å². The molecular weight excluding hydrogens is 324 g/mol. The number of aromatic amines is 1. The summed E-state index contributed by atoms with van der Waals surface area (Å²) in [5, 5.41) is 0. The third-order valence-corrected chi connectivity index (χ3v) is 3.20. The Labute approximate surface area is 139 Å². The lowest BCUT2D eigenvalue weighted by Crippen LogP contribution is -2.11. The van der Waals surface area contributed by atoms with E-state index < -0.39 is 11.9 Å². The average Bonchev–Trinajstić information content (AvgIpc) is 2.90. The third kappa shape index (κ3) is 3.40. The van der Waals surface area contributed by atoms with Crippen LogP contribution in [0, 0.1) is 0 Å². The number of aromatic nitrogens is 1. The molecule has 2 rings (SSSR count). The third-order valence-electron chi connectivity index (χ3n) is 3.20. The standard InChI is InChI=1S/C15H16N2O5.ClH/c1-20-9-6-4-8(5-7-9)12-11(16)10(14(18)21-2)13(17-12)15(19)22-3;/h4-7,17H,16H2,1-3H3;1H. The summed E-state index contributed by atoms with van der Waals surface area (Å²) in [4.78, 5) is 26.5. The Morgan fingerprint density at radius 1 is 1.00 bits per heavy atom. The highest BCUT2D eigenvalue weighted by Crippen LogP contribution is 2.32. The summed E-state index contributed by atoms with van der Waals surface area (Å²) in [6.45, 7) is 0. The van der Waals surface area contributed by atoms with Crippen molar-refractivity contribution in [2.24, 2.45) is 0 Å². The first-order valence-corrected chi connectivity index (χ1v) is 6.36. The van der Waals surface area contributed by atoms with Gasteiger partial charge in [-0.15, -0.1) is 12.4 Å². The SMILES string of the molecule is COC(=O)c1[nH]c(-c2ccc(OC)cc2)c(N)c1C(=O)OC.Cl. The highest BCUT2D eigenvalue weighted by atomic mass is 35.5. The Kier molecular flexibility index (Phi) is 6.03. The number of benzene rings is 1. The zero-order valence-electron chi connectivity index (χ0n) is 12.8. The minimum absolute atomic E-state index is 0. The fraction of sp³-hybridized carbons (Fsp3) is 0.200. The van der Waals surface area contributed by atoms with Crippen LogP contribution in [0.1, 0.15) is 20.8 Å². The highest BCUT2D eigenvalue weighted by molar-refractivity contribution is 6.09. The summed E-state index contributed by atoms with van der Waals surface area (Å²) in [5.74, 6) is -0.740. The largest absolute Gasteiger partial charge is 0.497 e. The molecule has 0 bridgehead atoms. The van der Waals surface area contributed by atoms with Gasteiger partial charge in [0.1, 0.15) is 17.0 Å². The first-order chi connectivity index (χ1) is 10.5. The molecule has 0 atom stereocenters. The number of nitrogen functional groups attached to an aromatic ring is 1. The number of anilines is 1. The predicted molar refractivity (Wildman–Crippen MR) is 87.1 cm³/mol. The first kappa shape index (κ1) is 18.4. The Morgan fingerprint density at radius 2 is 1.57 bits per heavy atom. The molecule has 0 spiro atoms. The van der Waals surface area contributed by atoms with Gasteiger partial charge in [-0.2, -0.15) is 0 Å². The number of H-pyrrole nitrogens is 1. The van der Waals surface area contributed by atoms with Gasteiger partial charge in [0, 0.05) is 5.56 Å². The number of rotatable bonds is 4. The van der Waals surface area contributed by atoms with Crippen molar-refractivity contribution < 1.29 is 23.8 Å². The van der Waals surface area contributed by atoms with Gasteiger partial charge in [-0.05, 0) is 24.3 Å². The lowest BCUT2D eigenvalue weighted by molar-refractivity contribution is 0.0553. The number of carbonyl (C=O) groups excluding carboxylic acids is 2. The van der Waals surface area contributed by atoms with E-state index in [0.29, 0.717) is 17.0 Å². The van der Waals surface area contributed by atoms with Crippen LogP contribution in [0.15, 0.2) is 24.3 Å². The van der Waals surface area contributed by atoms with E-state index in [1.807, 2.05) is 0 Å². The van der Waals surface area contributed by atoms with Crippen molar-refractivity contribution in [3.63, 3.8) is 0 Å². The summed E-state index contributed by atoms with van der Waals surface area (Å²) < 4.78 is 14.4. The molecule has 0 radical (unpaired) electrons. The molecule has 0 saturated carbocycles. The Hall–Kier alpha value is -2.67. The Bertz CT molecular complexity index is 709. The van der Waals surface area contributed by atoms with E-state index in [9.17, 15) is 9.59 Å². The van der Waals surface area contributed by atoms with Crippen LogP contribution in [0.25, 0.3) is 11.3 Å². The van der Waals surface area contributed by atoms with E-state index in [0.717, 1.165) is 0 Å². The van der Waals surface area contributed by atoms with Crippen LogP contribution in [0.3, 0.4) is 0 Å². The van der Waals surface area contributed by atoms with Crippen LogP contribution in [0.4, 0.5) is 5.69 Å². The van der Waals surface area contributed by atoms with Crippen LogP contribution in [-0.2, 0) is 9.47 Å². The molecule has 0 aliphatic rings. The molecular formula is C15H17ClN2O5. The average molecular weight is 341 g/mol. The Balaban J connectivity index is 0.00000264. The second kappa shape index (κ2) is 7.55. The van der Waals surface area contributed by atoms with Crippen molar-refractivity contribution in [3.8, 4) is 17.0 Å². The highest BCUT2D eigenvalue weighted by Gasteiger charge is 2.27. The normalized spacial score (nSPS) is 9.70. The van der Waals surface area contributed by atoms with Crippen molar-refractivity contribution in [2.75, 3.05) is 27.1 Å². The van der Waals surface area contributed by atoms with Crippen molar-refractivity contribution >= 4 is 30.0 Å². The fourth-order valence-corrected chi connectivity index (χ4v) is 2.07. The number of methoxy groups -OCH3 is 3. The minimum atomic E-state index is -0.714. The number of hydrogen-bond acceptors (Lipinski definition) is 6. The van der Waals surface area contributed by atoms with Crippen molar-refractivity contribution in [2.45, 2.75) is 0 Å². The number of nitrogens with one attached hydrogen (secondary N) is 1. The summed E-state index contributed by atoms with van der Waals surface area (Å²) in [6, 6.07) is 6.99. The van der Waals surface area contributed by atoms with Crippen molar-refractivity contribution in [3.05, 3.63) is 35.5 Å². The monoisotopic (exact) mass is 340 g/mol. The van der Waals surface area contributed by atoms with E-state index in [4.69, 9.17) is 10.5 Å². The summed E-state index contributed by atoms with van der Waals surface area (Å²) >= 11 is 0. The van der Waals surface area contributed by atoms with Gasteiger partial charge in [-0.3, -0.25) is 0 Å². The molecule has 8 heteroatoms. The van der Waals surface area contributed by atoms with Gasteiger partial charge < -0.3 is 24.9 Å². The van der Waals surface area contributed by atoms with Gasteiger partial charge in [0.2, 0.25) is 0 Å². The molecule has 0 saturated heterocycles. The van der Waals surface area contributed by atoms with E-state index in [1.54, 1.807) is 31.4 Å². The molecule has 124 valence electrons. The number of esters is 2. The molecule has 1 aromatic heterocycles. The van der Waals surface area contributed by atoms with Crippen LogP contribution < -0.4 is 10.5 Å². The molecule has 1 aromatic carbocycles. The maximum Gasteiger partial charge on any atom is 0.355 e. The Morgan fingerprint density at radius 3 is 2.04 bits per heavy atom. The molecule has 2 aromatic rings. The van der Waals surface area contributed by atoms with Gasteiger partial charge in [0.15, 0.2) is 0 Å². The van der Waals surface area contributed by atoms with Crippen molar-refractivity contribution in [1.82, 2.24) is 4.98 Å². The van der Waals surface area contributed by atoms with Crippen LogP contribution >= 0.6 is 12.4 Å². The van der Waals surface area contributed by atoms with Crippen LogP contribution in [0.5, 0.6) is 5.75 Å². The van der Waals surface area contributed by atoms with Gasteiger partial charge in [0.25, 0.3) is 0 Å². The van der Waals surface area contributed by atoms with Crippen LogP contribution in [-0.4, -0.2) is 38.3 Å². The summed E-state index contributed by atoms with van der Waals surface area (Å²) in [6.07, 6.45) is 0. The van der Waals surface area contributed by atoms with Gasteiger partial charge >= 0.3 is 11.9 Å². The van der Waals surface area contributed by atoms with Gasteiger partial charge in [-0.25, -0.2) is 9.59 Å². The number of halogens is 1. The molecule has 0 aliphatic heterocycles. The summed E-state index contributed by atoms with van der Waals surface area (Å²) in [5.41, 5.74) is 7.17. The second-order valence-corrected chi connectivity index (χ2v) is 4.38. The predicted octanol–water partition coefficient (Wildman–Crippen LogP) is 2.27. The summed E-state index contributed by atoms with van der Waals surface area (Å²) in [7, 11) is 3.99. The smallest absolute Gasteiger partial charge is 0.355 e. The zero-order valence-corrected chi connectivity index (χ0v) is 13.7. The maximum absolute atomic E-state index is 11.9. The van der Waals surface area contributed by atoms with Gasteiger partial charge in [0.05, 0.1) is 32.7 Å². The quantitative estimate of drug-likeness (QED) is 0.827. The minimum Gasteiger partial charge on any atom is -0.497 e. The van der Waals surface area contributed by atoms with Crippen molar-refractivity contribution in [1.29, 1.82) is 0 Å². The first-order valence-electron chi connectivity index (χ1n) is 6.36. The second-order valence-electron chi connectivity index (χ2n) is 4.38.